The predicted octanol–water partition coefficient (Wildman–Crippen LogP) is 3.44. The Morgan fingerprint density at radius 2 is 1.62 bits per heavy atom. The van der Waals surface area contributed by atoms with Crippen LogP contribution < -0.4 is 9.62 Å². The van der Waals surface area contributed by atoms with Crippen LogP contribution in [0.5, 0.6) is 0 Å². The van der Waals surface area contributed by atoms with E-state index in [4.69, 9.17) is 11.6 Å². The van der Waals surface area contributed by atoms with E-state index in [9.17, 15) is 13.2 Å². The van der Waals surface area contributed by atoms with E-state index in [0.717, 1.165) is 16.1 Å². The largest absolute Gasteiger partial charge is 0.324 e. The molecule has 0 aliphatic heterocycles. The normalized spacial score (nSPS) is 12.5. The summed E-state index contributed by atoms with van der Waals surface area (Å²) in [5.74, 6) is -0.417. The van der Waals surface area contributed by atoms with Crippen molar-refractivity contribution in [3.8, 4) is 0 Å². The highest BCUT2D eigenvalue weighted by Gasteiger charge is 2.29. The molecular weight excluding hydrogens is 348 g/mol. The summed E-state index contributed by atoms with van der Waals surface area (Å²) < 4.78 is 25.4. The molecule has 0 radical (unpaired) electrons. The van der Waals surface area contributed by atoms with Crippen molar-refractivity contribution < 1.29 is 13.2 Å². The van der Waals surface area contributed by atoms with Crippen LogP contribution in [0, 0.1) is 6.92 Å². The molecule has 0 saturated carbocycles. The summed E-state index contributed by atoms with van der Waals surface area (Å²) in [6.07, 6.45) is 1.07. The third kappa shape index (κ3) is 4.49. The minimum atomic E-state index is -3.64. The summed E-state index contributed by atoms with van der Waals surface area (Å²) in [6.45, 7) is 3.49. The number of nitrogens with one attached hydrogen (secondary N) is 1. The number of sulfonamides is 1. The number of aryl methyl sites for hydroxylation is 1. The maximum Gasteiger partial charge on any atom is 0.247 e. The molecule has 24 heavy (non-hydrogen) atoms. The number of nitrogens with zero attached hydrogens (tertiary/aromatic N) is 1. The van der Waals surface area contributed by atoms with Gasteiger partial charge in [-0.25, -0.2) is 8.42 Å². The van der Waals surface area contributed by atoms with Gasteiger partial charge in [0.15, 0.2) is 0 Å². The first-order valence-corrected chi connectivity index (χ1v) is 9.53. The lowest BCUT2D eigenvalue weighted by Crippen LogP contribution is -2.45. The van der Waals surface area contributed by atoms with Gasteiger partial charge in [-0.1, -0.05) is 29.3 Å². The fraction of sp³-hybridized carbons (Fsp3) is 0.235. The third-order valence-electron chi connectivity index (χ3n) is 3.49. The Kier molecular flexibility index (Phi) is 5.51. The first-order chi connectivity index (χ1) is 11.2. The van der Waals surface area contributed by atoms with Crippen LogP contribution in [0.2, 0.25) is 5.02 Å². The molecule has 1 amide bonds. The highest BCUT2D eigenvalue weighted by atomic mass is 35.5. The second kappa shape index (κ2) is 7.23. The van der Waals surface area contributed by atoms with Crippen LogP contribution in [0.4, 0.5) is 11.4 Å². The maximum atomic E-state index is 12.5. The van der Waals surface area contributed by atoms with Crippen LogP contribution in [0.25, 0.3) is 0 Å². The summed E-state index contributed by atoms with van der Waals surface area (Å²) in [5.41, 5.74) is 2.07. The number of hydrogen-bond acceptors (Lipinski definition) is 3. The van der Waals surface area contributed by atoms with Gasteiger partial charge in [0, 0.05) is 10.7 Å². The fourth-order valence-corrected chi connectivity index (χ4v) is 3.58. The zero-order chi connectivity index (χ0) is 17.9. The Bertz CT molecular complexity index is 818. The van der Waals surface area contributed by atoms with Crippen molar-refractivity contribution in [3.05, 3.63) is 59.1 Å². The SMILES string of the molecule is Cc1ccc(NC(=O)[C@H](C)N(c2ccc(Cl)cc2)S(C)(=O)=O)cc1. The maximum absolute atomic E-state index is 12.5. The van der Waals surface area contributed by atoms with Crippen molar-refractivity contribution >= 4 is 38.9 Å². The number of halogens is 1. The fourth-order valence-electron chi connectivity index (χ4n) is 2.28. The second-order valence-corrected chi connectivity index (χ2v) is 7.86. The monoisotopic (exact) mass is 366 g/mol. The number of carbonyl (C=O) groups excluding carboxylic acids is 1. The molecule has 128 valence electrons. The quantitative estimate of drug-likeness (QED) is 0.881. The van der Waals surface area contributed by atoms with Gasteiger partial charge in [-0.2, -0.15) is 0 Å². The van der Waals surface area contributed by atoms with Gasteiger partial charge in [0.05, 0.1) is 11.9 Å². The van der Waals surface area contributed by atoms with Gasteiger partial charge in [-0.15, -0.1) is 0 Å². The minimum Gasteiger partial charge on any atom is -0.324 e. The second-order valence-electron chi connectivity index (χ2n) is 5.57. The Balaban J connectivity index is 2.27. The van der Waals surface area contributed by atoms with E-state index in [0.29, 0.717) is 16.4 Å². The Hall–Kier alpha value is -2.05. The molecule has 5 nitrogen and oxygen atoms in total. The highest BCUT2D eigenvalue weighted by molar-refractivity contribution is 7.92. The van der Waals surface area contributed by atoms with E-state index in [1.54, 1.807) is 43.3 Å². The molecule has 0 aliphatic rings. The molecule has 7 heteroatoms. The molecule has 0 fully saturated rings. The average Bonchev–Trinajstić information content (AvgIpc) is 2.50. The lowest BCUT2D eigenvalue weighted by atomic mass is 10.2. The van der Waals surface area contributed by atoms with Gasteiger partial charge >= 0.3 is 0 Å². The van der Waals surface area contributed by atoms with E-state index >= 15 is 0 Å². The smallest absolute Gasteiger partial charge is 0.247 e. The summed E-state index contributed by atoms with van der Waals surface area (Å²) in [7, 11) is -3.64. The number of carbonyl (C=O) groups is 1. The summed E-state index contributed by atoms with van der Waals surface area (Å²) >= 11 is 5.85. The summed E-state index contributed by atoms with van der Waals surface area (Å²) in [5, 5.41) is 3.22. The molecule has 0 spiro atoms. The minimum absolute atomic E-state index is 0.383. The molecule has 2 aromatic rings. The van der Waals surface area contributed by atoms with Crippen molar-refractivity contribution in [2.24, 2.45) is 0 Å². The number of rotatable bonds is 5. The van der Waals surface area contributed by atoms with Crippen molar-refractivity contribution in [3.63, 3.8) is 0 Å². The van der Waals surface area contributed by atoms with Crippen LogP contribution >= 0.6 is 11.6 Å². The molecule has 0 aliphatic carbocycles. The van der Waals surface area contributed by atoms with Gasteiger partial charge in [0.1, 0.15) is 6.04 Å². The lowest BCUT2D eigenvalue weighted by Gasteiger charge is -2.28. The first-order valence-electron chi connectivity index (χ1n) is 7.31. The van der Waals surface area contributed by atoms with E-state index < -0.39 is 22.0 Å². The Morgan fingerprint density at radius 1 is 1.08 bits per heavy atom. The highest BCUT2D eigenvalue weighted by Crippen LogP contribution is 2.23. The van der Waals surface area contributed by atoms with E-state index in [1.165, 1.54) is 0 Å². The van der Waals surface area contributed by atoms with Crippen molar-refractivity contribution in [2.45, 2.75) is 19.9 Å². The number of amides is 1. The zero-order valence-corrected chi connectivity index (χ0v) is 15.2. The molecule has 1 N–H and O–H groups in total. The number of hydrogen-bond donors (Lipinski definition) is 1. The Morgan fingerprint density at radius 3 is 2.12 bits per heavy atom. The molecular formula is C17H19ClN2O3S. The molecule has 1 atom stereocenters. The zero-order valence-electron chi connectivity index (χ0n) is 13.7. The molecule has 2 rings (SSSR count). The van der Waals surface area contributed by atoms with Crippen molar-refractivity contribution in [1.29, 1.82) is 0 Å². The van der Waals surface area contributed by atoms with E-state index in [2.05, 4.69) is 5.32 Å². The van der Waals surface area contributed by atoms with Crippen molar-refractivity contribution in [2.75, 3.05) is 15.9 Å². The van der Waals surface area contributed by atoms with Crippen LogP contribution in [-0.2, 0) is 14.8 Å². The topological polar surface area (TPSA) is 66.5 Å². The van der Waals surface area contributed by atoms with Gasteiger partial charge in [-0.3, -0.25) is 9.10 Å². The van der Waals surface area contributed by atoms with Gasteiger partial charge in [0.2, 0.25) is 15.9 Å². The van der Waals surface area contributed by atoms with E-state index in [-0.39, 0.29) is 0 Å². The van der Waals surface area contributed by atoms with E-state index in [1.807, 2.05) is 19.1 Å². The number of benzene rings is 2. The molecule has 2 aromatic carbocycles. The molecule has 0 saturated heterocycles. The van der Waals surface area contributed by atoms with Crippen LogP contribution in [0.3, 0.4) is 0 Å². The lowest BCUT2D eigenvalue weighted by molar-refractivity contribution is -0.116. The third-order valence-corrected chi connectivity index (χ3v) is 4.98. The van der Waals surface area contributed by atoms with Gasteiger partial charge in [-0.05, 0) is 50.2 Å². The first kappa shape index (κ1) is 18.3. The number of anilines is 2. The average molecular weight is 367 g/mol. The van der Waals surface area contributed by atoms with Crippen LogP contribution in [0.15, 0.2) is 48.5 Å². The van der Waals surface area contributed by atoms with Gasteiger partial charge < -0.3 is 5.32 Å². The van der Waals surface area contributed by atoms with Gasteiger partial charge in [0.25, 0.3) is 0 Å². The standard InChI is InChI=1S/C17H19ClN2O3S/c1-12-4-8-15(9-5-12)19-17(21)13(2)20(24(3,22)23)16-10-6-14(18)7-11-16/h4-11,13H,1-3H3,(H,19,21)/t13-/m0/s1. The predicted molar refractivity (Wildman–Crippen MR) is 98.0 cm³/mol. The molecule has 0 unspecified atom stereocenters. The molecule has 0 heterocycles. The molecule has 0 bridgehead atoms. The summed E-state index contributed by atoms with van der Waals surface area (Å²) in [4.78, 5) is 12.5. The van der Waals surface area contributed by atoms with Crippen molar-refractivity contribution in [1.82, 2.24) is 0 Å². The van der Waals surface area contributed by atoms with Crippen LogP contribution in [0.1, 0.15) is 12.5 Å². The summed E-state index contributed by atoms with van der Waals surface area (Å²) in [6, 6.07) is 12.7. The Labute approximate surface area is 147 Å². The van der Waals surface area contributed by atoms with Crippen LogP contribution in [-0.4, -0.2) is 26.6 Å². The molecule has 0 aromatic heterocycles.